The van der Waals surface area contributed by atoms with Crippen molar-refractivity contribution < 1.29 is 43.2 Å². The zero-order chi connectivity index (χ0) is 28.8. The molecule has 2 aliphatic rings. The Balaban J connectivity index is 1.36. The van der Waals surface area contributed by atoms with Crippen LogP contribution in [0.25, 0.3) is 10.1 Å². The zero-order valence-electron chi connectivity index (χ0n) is 21.1. The molecule has 2 aliphatic heterocycles. The summed E-state index contributed by atoms with van der Waals surface area (Å²) in [6.07, 6.45) is 4.80. The van der Waals surface area contributed by atoms with Crippen molar-refractivity contribution >= 4 is 68.7 Å². The molecule has 40 heavy (non-hydrogen) atoms. The number of fused-ring (bicyclic) bond motifs is 2. The summed E-state index contributed by atoms with van der Waals surface area (Å²) in [7, 11) is 0. The van der Waals surface area contributed by atoms with Crippen LogP contribution in [0.2, 0.25) is 0 Å². The van der Waals surface area contributed by atoms with Crippen molar-refractivity contribution in [1.29, 1.82) is 0 Å². The van der Waals surface area contributed by atoms with Crippen molar-refractivity contribution in [3.63, 3.8) is 0 Å². The molecule has 5 rings (SSSR count). The Hall–Kier alpha value is -4.44. The minimum Gasteiger partial charge on any atom is -0.478 e. The molecular weight excluding hydrogens is 564 g/mol. The first kappa shape index (κ1) is 27.1. The van der Waals surface area contributed by atoms with Crippen LogP contribution >= 0.6 is 23.1 Å². The average molecular weight is 588 g/mol. The lowest BCUT2D eigenvalue weighted by atomic mass is 10.0. The summed E-state index contributed by atoms with van der Waals surface area (Å²) in [6, 6.07) is 2.56. The van der Waals surface area contributed by atoms with E-state index in [9.17, 15) is 29.4 Å². The fraction of sp³-hybridized carbons (Fsp3) is 0.292. The van der Waals surface area contributed by atoms with Crippen molar-refractivity contribution in [3.05, 3.63) is 53.1 Å². The van der Waals surface area contributed by atoms with Crippen LogP contribution in [0.4, 0.5) is 6.01 Å². The smallest absolute Gasteiger partial charge is 0.352 e. The minimum atomic E-state index is -1.79. The first-order chi connectivity index (χ1) is 19.0. The van der Waals surface area contributed by atoms with Crippen LogP contribution in [0, 0.1) is 0 Å². The lowest BCUT2D eigenvalue weighted by molar-refractivity contribution is -0.687. The number of anilines is 1. The Bertz CT molecular complexity index is 1610. The molecule has 5 N–H and O–H groups in total. The fourth-order valence-corrected chi connectivity index (χ4v) is 6.18. The molecule has 0 aromatic carbocycles. The number of carbonyl (C=O) groups is 4. The molecule has 0 radical (unpaired) electrons. The number of hydrogen-bond donors (Lipinski definition) is 4. The van der Waals surface area contributed by atoms with Gasteiger partial charge in [0.2, 0.25) is 5.60 Å². The average Bonchev–Trinajstić information content (AvgIpc) is 3.55. The summed E-state index contributed by atoms with van der Waals surface area (Å²) in [5.41, 5.74) is 3.52. The molecule has 208 valence electrons. The number of amides is 2. The van der Waals surface area contributed by atoms with Gasteiger partial charge in [-0.05, 0) is 25.3 Å². The van der Waals surface area contributed by atoms with Gasteiger partial charge in [-0.25, -0.2) is 14.2 Å². The minimum absolute atomic E-state index is 0.123. The Morgan fingerprint density at radius 1 is 1.35 bits per heavy atom. The summed E-state index contributed by atoms with van der Waals surface area (Å²) in [6.45, 7) is 2.73. The predicted octanol–water partition coefficient (Wildman–Crippen LogP) is 0.782. The van der Waals surface area contributed by atoms with Gasteiger partial charge in [0, 0.05) is 22.1 Å². The number of oxazole rings is 1. The van der Waals surface area contributed by atoms with E-state index >= 15 is 0 Å². The second-order valence-electron chi connectivity index (χ2n) is 9.39. The van der Waals surface area contributed by atoms with Gasteiger partial charge in [0.25, 0.3) is 17.8 Å². The molecular formula is C24H23N6O8S2+. The monoisotopic (exact) mass is 587 g/mol. The van der Waals surface area contributed by atoms with Gasteiger partial charge in [-0.3, -0.25) is 14.5 Å². The van der Waals surface area contributed by atoms with E-state index in [2.05, 4.69) is 15.5 Å². The van der Waals surface area contributed by atoms with Crippen LogP contribution in [-0.2, 0) is 30.6 Å². The van der Waals surface area contributed by atoms with E-state index in [-0.39, 0.29) is 24.0 Å². The van der Waals surface area contributed by atoms with E-state index < -0.39 is 46.5 Å². The number of pyridine rings is 1. The van der Waals surface area contributed by atoms with E-state index in [1.807, 2.05) is 34.5 Å². The first-order valence-electron chi connectivity index (χ1n) is 11.7. The highest BCUT2D eigenvalue weighted by molar-refractivity contribution is 8.00. The van der Waals surface area contributed by atoms with Gasteiger partial charge < -0.3 is 30.5 Å². The molecule has 0 saturated carbocycles. The molecule has 3 aromatic rings. The number of carbonyl (C=O) groups excluding carboxylic acids is 2. The Morgan fingerprint density at radius 3 is 2.80 bits per heavy atom. The molecule has 2 atom stereocenters. The Kier molecular flexibility index (Phi) is 6.97. The van der Waals surface area contributed by atoms with E-state index in [4.69, 9.17) is 15.0 Å². The number of nitrogen functional groups attached to an aromatic ring is 1. The maximum absolute atomic E-state index is 13.2. The number of rotatable bonds is 9. The SMILES string of the molecule is CC(C)(ON=C(C(=O)NC1C(=O)N2C(C(=O)O)=C(C[n+]3ccc4sccc4c3)CS[C@@H]12)c1coc(N)n1)C(=O)O. The van der Waals surface area contributed by atoms with Gasteiger partial charge in [0.15, 0.2) is 24.7 Å². The van der Waals surface area contributed by atoms with E-state index in [1.54, 1.807) is 11.3 Å². The van der Waals surface area contributed by atoms with E-state index in [0.29, 0.717) is 11.3 Å². The molecule has 0 spiro atoms. The highest BCUT2D eigenvalue weighted by Crippen LogP contribution is 2.40. The summed E-state index contributed by atoms with van der Waals surface area (Å²) in [5, 5.41) is 27.8. The summed E-state index contributed by atoms with van der Waals surface area (Å²) in [5.74, 6) is -3.81. The van der Waals surface area contributed by atoms with Crippen molar-refractivity contribution in [2.45, 2.75) is 37.4 Å². The van der Waals surface area contributed by atoms with Crippen LogP contribution in [-0.4, -0.2) is 72.3 Å². The van der Waals surface area contributed by atoms with Crippen LogP contribution in [0.3, 0.4) is 0 Å². The predicted molar refractivity (Wildman–Crippen MR) is 142 cm³/mol. The summed E-state index contributed by atoms with van der Waals surface area (Å²) in [4.78, 5) is 60.0. The molecule has 0 bridgehead atoms. The number of nitrogens with zero attached hydrogens (tertiary/aromatic N) is 4. The fourth-order valence-electron chi connectivity index (χ4n) is 4.09. The number of aromatic nitrogens is 2. The number of carboxylic acid groups (broad SMARTS) is 2. The lowest BCUT2D eigenvalue weighted by Crippen LogP contribution is -2.71. The molecule has 1 saturated heterocycles. The first-order valence-corrected chi connectivity index (χ1v) is 13.7. The van der Waals surface area contributed by atoms with Gasteiger partial charge in [0.1, 0.15) is 29.1 Å². The number of oxime groups is 1. The highest BCUT2D eigenvalue weighted by atomic mass is 32.2. The largest absolute Gasteiger partial charge is 0.478 e. The molecule has 0 aliphatic carbocycles. The van der Waals surface area contributed by atoms with Gasteiger partial charge in [-0.1, -0.05) is 5.16 Å². The molecule has 14 nitrogen and oxygen atoms in total. The zero-order valence-corrected chi connectivity index (χ0v) is 22.7. The molecule has 2 amide bonds. The summed E-state index contributed by atoms with van der Waals surface area (Å²) >= 11 is 2.91. The number of hydrogen-bond acceptors (Lipinski definition) is 11. The third kappa shape index (κ3) is 4.98. The number of thiophene rings is 1. The number of nitrogens with one attached hydrogen (secondary N) is 1. The van der Waals surface area contributed by atoms with Crippen molar-refractivity contribution in [1.82, 2.24) is 15.2 Å². The second kappa shape index (κ2) is 10.3. The molecule has 3 aromatic heterocycles. The van der Waals surface area contributed by atoms with Gasteiger partial charge in [-0.2, -0.15) is 4.98 Å². The van der Waals surface area contributed by atoms with Crippen LogP contribution in [0.15, 0.2) is 57.0 Å². The topological polar surface area (TPSA) is 202 Å². The quantitative estimate of drug-likeness (QED) is 0.119. The van der Waals surface area contributed by atoms with Crippen LogP contribution in [0.1, 0.15) is 19.5 Å². The van der Waals surface area contributed by atoms with Gasteiger partial charge >= 0.3 is 11.9 Å². The van der Waals surface area contributed by atoms with Gasteiger partial charge in [0.05, 0.1) is 5.39 Å². The highest BCUT2D eigenvalue weighted by Gasteiger charge is 2.55. The second-order valence-corrected chi connectivity index (χ2v) is 11.4. The summed E-state index contributed by atoms with van der Waals surface area (Å²) < 4.78 is 7.90. The number of β-lactam (4-membered cyclic amide) rings is 1. The standard InChI is InChI=1S/C24H22N6O8S2/c1-24(2,22(35)36)38-28-15(13-9-37-23(25)26-13)18(31)27-16-19(32)30-17(21(33)34)12(10-40-20(16)30)8-29-5-3-14-11(7-29)4-6-39-14/h3-7,9,16,20H,8,10H2,1-2H3,(H4-,25,26,27,31,33,34,35,36)/p+1/t16?,20-/m0/s1. The van der Waals surface area contributed by atoms with Crippen LogP contribution in [0.5, 0.6) is 0 Å². The Labute approximate surface area is 234 Å². The Morgan fingerprint density at radius 2 is 2.12 bits per heavy atom. The molecule has 1 unspecified atom stereocenters. The van der Waals surface area contributed by atoms with E-state index in [0.717, 1.165) is 21.2 Å². The van der Waals surface area contributed by atoms with Crippen LogP contribution < -0.4 is 15.6 Å². The number of nitrogens with two attached hydrogens (primary N) is 1. The molecule has 16 heteroatoms. The maximum atomic E-state index is 13.2. The third-order valence-corrected chi connectivity index (χ3v) is 8.46. The molecule has 1 fully saturated rings. The van der Waals surface area contributed by atoms with Gasteiger partial charge in [-0.15, -0.1) is 23.1 Å². The normalized spacial score (nSPS) is 19.3. The van der Waals surface area contributed by atoms with E-state index in [1.165, 1.54) is 25.6 Å². The van der Waals surface area contributed by atoms with Crippen molar-refractivity contribution in [2.24, 2.45) is 5.16 Å². The molecule has 5 heterocycles. The number of aliphatic carboxylic acids is 2. The maximum Gasteiger partial charge on any atom is 0.352 e. The third-order valence-electron chi connectivity index (χ3n) is 6.22. The lowest BCUT2D eigenvalue weighted by Gasteiger charge is -2.49. The number of carboxylic acids is 2. The van der Waals surface area contributed by atoms with Crippen molar-refractivity contribution in [2.75, 3.05) is 11.5 Å². The van der Waals surface area contributed by atoms with Crippen molar-refractivity contribution in [3.8, 4) is 0 Å². The number of thioether (sulfide) groups is 1.